The fourth-order valence-corrected chi connectivity index (χ4v) is 3.18. The third-order valence-electron chi connectivity index (χ3n) is 2.92. The van der Waals surface area contributed by atoms with Gasteiger partial charge in [0.25, 0.3) is 0 Å². The van der Waals surface area contributed by atoms with Gasteiger partial charge in [0.05, 0.1) is 0 Å². The zero-order valence-electron chi connectivity index (χ0n) is 10.9. The van der Waals surface area contributed by atoms with Crippen LogP contribution < -0.4 is 5.32 Å². The molecule has 0 bridgehead atoms. The third kappa shape index (κ3) is 3.37. The lowest BCUT2D eigenvalue weighted by molar-refractivity contribution is 0.777. The summed E-state index contributed by atoms with van der Waals surface area (Å²) in [4.78, 5) is 1.36. The van der Waals surface area contributed by atoms with Crippen molar-refractivity contribution in [1.82, 2.24) is 5.32 Å². The van der Waals surface area contributed by atoms with Crippen LogP contribution in [0.15, 0.2) is 59.5 Å². The molecule has 2 aromatic rings. The average molecular weight is 257 g/mol. The van der Waals surface area contributed by atoms with E-state index in [2.05, 4.69) is 66.8 Å². The Labute approximate surface area is 114 Å². The van der Waals surface area contributed by atoms with E-state index in [1.165, 1.54) is 16.0 Å². The minimum atomic E-state index is 0.456. The molecule has 0 fully saturated rings. The van der Waals surface area contributed by atoms with E-state index < -0.39 is 0 Å². The van der Waals surface area contributed by atoms with Crippen molar-refractivity contribution in [3.63, 3.8) is 0 Å². The van der Waals surface area contributed by atoms with Crippen LogP contribution in [0.1, 0.15) is 16.4 Å². The highest BCUT2D eigenvalue weighted by atomic mass is 32.2. The van der Waals surface area contributed by atoms with Crippen LogP contribution >= 0.6 is 11.8 Å². The Balaban J connectivity index is 2.19. The number of aryl methyl sites for hydroxylation is 1. The fraction of sp³-hybridized carbons (Fsp3) is 0.250. The lowest BCUT2D eigenvalue weighted by Gasteiger charge is -2.17. The van der Waals surface area contributed by atoms with Crippen LogP contribution in [0.2, 0.25) is 0 Å². The number of thioether (sulfide) groups is 1. The van der Waals surface area contributed by atoms with E-state index in [0.717, 1.165) is 6.54 Å². The number of hydrogen-bond acceptors (Lipinski definition) is 2. The smallest absolute Gasteiger partial charge is 0.0469 e. The van der Waals surface area contributed by atoms with Crippen LogP contribution in [0.4, 0.5) is 0 Å². The zero-order valence-corrected chi connectivity index (χ0v) is 11.7. The Morgan fingerprint density at radius 3 is 2.33 bits per heavy atom. The highest BCUT2D eigenvalue weighted by Gasteiger charge is 2.12. The van der Waals surface area contributed by atoms with Gasteiger partial charge in [-0.2, -0.15) is 0 Å². The van der Waals surface area contributed by atoms with Gasteiger partial charge < -0.3 is 5.32 Å². The summed E-state index contributed by atoms with van der Waals surface area (Å²) < 4.78 is 0. The normalized spacial score (nSPS) is 12.3. The quantitative estimate of drug-likeness (QED) is 0.811. The largest absolute Gasteiger partial charge is 0.318 e. The van der Waals surface area contributed by atoms with Gasteiger partial charge in [0.2, 0.25) is 0 Å². The number of nitrogens with one attached hydrogen (secondary N) is 1. The van der Waals surface area contributed by atoms with Crippen LogP contribution in [0, 0.1) is 6.92 Å². The van der Waals surface area contributed by atoms with Crippen LogP contribution in [-0.4, -0.2) is 13.6 Å². The van der Waals surface area contributed by atoms with Gasteiger partial charge >= 0.3 is 0 Å². The molecule has 18 heavy (non-hydrogen) atoms. The van der Waals surface area contributed by atoms with Crippen molar-refractivity contribution in [2.24, 2.45) is 0 Å². The summed E-state index contributed by atoms with van der Waals surface area (Å²) in [6, 6.07) is 19.3. The second kappa shape index (κ2) is 6.62. The van der Waals surface area contributed by atoms with Crippen LogP contribution in [0.25, 0.3) is 0 Å². The molecule has 94 valence electrons. The molecular formula is C16H19NS. The molecule has 0 saturated heterocycles. The van der Waals surface area contributed by atoms with Crippen molar-refractivity contribution in [1.29, 1.82) is 0 Å². The molecule has 0 amide bonds. The van der Waals surface area contributed by atoms with Gasteiger partial charge in [0.1, 0.15) is 0 Å². The van der Waals surface area contributed by atoms with Crippen molar-refractivity contribution in [2.75, 3.05) is 13.6 Å². The first kappa shape index (κ1) is 13.2. The van der Waals surface area contributed by atoms with Gasteiger partial charge in [-0.05, 0) is 31.2 Å². The predicted octanol–water partition coefficient (Wildman–Crippen LogP) is 4.05. The molecule has 0 spiro atoms. The van der Waals surface area contributed by atoms with Gasteiger partial charge in [0.15, 0.2) is 0 Å². The maximum atomic E-state index is 3.29. The Kier molecular flexibility index (Phi) is 4.85. The van der Waals surface area contributed by atoms with E-state index in [-0.39, 0.29) is 0 Å². The Hall–Kier alpha value is -1.25. The SMILES string of the molecule is CNCC(Sc1ccccc1C)c1ccccc1. The van der Waals surface area contributed by atoms with E-state index in [1.54, 1.807) is 0 Å². The average Bonchev–Trinajstić information content (AvgIpc) is 2.42. The number of rotatable bonds is 5. The Morgan fingerprint density at radius 2 is 1.67 bits per heavy atom. The monoisotopic (exact) mass is 257 g/mol. The number of benzene rings is 2. The van der Waals surface area contributed by atoms with Crippen LogP contribution in [-0.2, 0) is 0 Å². The zero-order chi connectivity index (χ0) is 12.8. The van der Waals surface area contributed by atoms with Crippen molar-refractivity contribution in [3.05, 3.63) is 65.7 Å². The summed E-state index contributed by atoms with van der Waals surface area (Å²) in [7, 11) is 2.01. The van der Waals surface area contributed by atoms with E-state index in [0.29, 0.717) is 5.25 Å². The predicted molar refractivity (Wildman–Crippen MR) is 80.1 cm³/mol. The van der Waals surface area contributed by atoms with E-state index in [1.807, 2.05) is 18.8 Å². The van der Waals surface area contributed by atoms with Gasteiger partial charge in [-0.1, -0.05) is 48.5 Å². The molecule has 1 unspecified atom stereocenters. The first-order valence-electron chi connectivity index (χ1n) is 6.23. The van der Waals surface area contributed by atoms with E-state index >= 15 is 0 Å². The van der Waals surface area contributed by atoms with Crippen molar-refractivity contribution in [3.8, 4) is 0 Å². The summed E-state index contributed by atoms with van der Waals surface area (Å²) in [5.74, 6) is 0. The summed E-state index contributed by atoms with van der Waals surface area (Å²) in [5.41, 5.74) is 2.72. The summed E-state index contributed by atoms with van der Waals surface area (Å²) in [5, 5.41) is 3.74. The molecule has 0 aromatic heterocycles. The van der Waals surface area contributed by atoms with Crippen LogP contribution in [0.5, 0.6) is 0 Å². The molecule has 0 heterocycles. The summed E-state index contributed by atoms with van der Waals surface area (Å²) in [6.45, 7) is 3.15. The molecule has 0 radical (unpaired) electrons. The molecule has 2 heteroatoms. The van der Waals surface area contributed by atoms with Crippen molar-refractivity contribution in [2.45, 2.75) is 17.1 Å². The lowest BCUT2D eigenvalue weighted by Crippen LogP contribution is -2.14. The van der Waals surface area contributed by atoms with Crippen molar-refractivity contribution < 1.29 is 0 Å². The minimum absolute atomic E-state index is 0.456. The summed E-state index contributed by atoms with van der Waals surface area (Å²) in [6.07, 6.45) is 0. The molecule has 1 atom stereocenters. The Morgan fingerprint density at radius 1 is 1.00 bits per heavy atom. The first-order chi connectivity index (χ1) is 8.81. The molecule has 0 aliphatic carbocycles. The topological polar surface area (TPSA) is 12.0 Å². The Bertz CT molecular complexity index is 481. The maximum absolute atomic E-state index is 3.29. The lowest BCUT2D eigenvalue weighted by atomic mass is 10.1. The van der Waals surface area contributed by atoms with Gasteiger partial charge in [-0.3, -0.25) is 0 Å². The van der Waals surface area contributed by atoms with Crippen molar-refractivity contribution >= 4 is 11.8 Å². The van der Waals surface area contributed by atoms with Crippen LogP contribution in [0.3, 0.4) is 0 Å². The molecule has 0 aliphatic rings. The van der Waals surface area contributed by atoms with Gasteiger partial charge in [-0.25, -0.2) is 0 Å². The summed E-state index contributed by atoms with van der Waals surface area (Å²) >= 11 is 1.93. The fourth-order valence-electron chi connectivity index (χ4n) is 1.92. The molecule has 0 saturated carbocycles. The molecule has 2 rings (SSSR count). The molecule has 1 N–H and O–H groups in total. The molecular weight excluding hydrogens is 238 g/mol. The minimum Gasteiger partial charge on any atom is -0.318 e. The third-order valence-corrected chi connectivity index (χ3v) is 4.36. The van der Waals surface area contributed by atoms with Gasteiger partial charge in [0, 0.05) is 16.7 Å². The maximum Gasteiger partial charge on any atom is 0.0469 e. The number of hydrogen-bond donors (Lipinski definition) is 1. The van der Waals surface area contributed by atoms with E-state index in [4.69, 9.17) is 0 Å². The van der Waals surface area contributed by atoms with E-state index in [9.17, 15) is 0 Å². The molecule has 0 aliphatic heterocycles. The highest BCUT2D eigenvalue weighted by molar-refractivity contribution is 7.99. The second-order valence-corrected chi connectivity index (χ2v) is 5.58. The molecule has 1 nitrogen and oxygen atoms in total. The molecule has 2 aromatic carbocycles. The standard InChI is InChI=1S/C16H19NS/c1-13-8-6-7-11-15(13)18-16(12-17-2)14-9-4-3-5-10-14/h3-11,16-17H,12H2,1-2H3. The number of likely N-dealkylation sites (N-methyl/N-ethyl adjacent to an activating group) is 1. The van der Waals surface area contributed by atoms with Gasteiger partial charge in [-0.15, -0.1) is 11.8 Å². The first-order valence-corrected chi connectivity index (χ1v) is 7.11. The second-order valence-electron chi connectivity index (χ2n) is 4.34. The highest BCUT2D eigenvalue weighted by Crippen LogP contribution is 2.36.